The normalized spacial score (nSPS) is 58.0. The summed E-state index contributed by atoms with van der Waals surface area (Å²) in [6.07, 6.45) is 10.0. The van der Waals surface area contributed by atoms with E-state index in [2.05, 4.69) is 19.9 Å². The number of fused-ring (bicyclic) bond motifs is 7. The van der Waals surface area contributed by atoms with Crippen LogP contribution in [0.4, 0.5) is 0 Å². The van der Waals surface area contributed by atoms with Crippen LogP contribution in [0.15, 0.2) is 11.6 Å². The Bertz CT molecular complexity index is 639. The van der Waals surface area contributed by atoms with Gasteiger partial charge in [-0.05, 0) is 75.0 Å². The summed E-state index contributed by atoms with van der Waals surface area (Å²) in [5.74, 6) is 2.30. The molecule has 8 atom stereocenters. The molecule has 24 heavy (non-hydrogen) atoms. The zero-order chi connectivity index (χ0) is 16.9. The summed E-state index contributed by atoms with van der Waals surface area (Å²) < 4.78 is 6.00. The van der Waals surface area contributed by atoms with E-state index in [1.54, 1.807) is 6.92 Å². The summed E-state index contributed by atoms with van der Waals surface area (Å²) in [5.41, 5.74) is 1.57. The highest BCUT2D eigenvalue weighted by atomic mass is 16.6. The fourth-order valence-electron chi connectivity index (χ4n) is 7.44. The predicted molar refractivity (Wildman–Crippen MR) is 91.4 cm³/mol. The Kier molecular flexibility index (Phi) is 2.94. The van der Waals surface area contributed by atoms with Gasteiger partial charge in [0, 0.05) is 5.41 Å². The van der Waals surface area contributed by atoms with E-state index in [1.165, 1.54) is 18.4 Å². The lowest BCUT2D eigenvalue weighted by atomic mass is 9.48. The summed E-state index contributed by atoms with van der Waals surface area (Å²) in [4.78, 5) is 12.2. The first-order valence-electron chi connectivity index (χ1n) is 9.88. The number of aliphatic hydroxyl groups is 1. The third kappa shape index (κ3) is 1.69. The number of rotatable bonds is 1. The van der Waals surface area contributed by atoms with Gasteiger partial charge in [-0.2, -0.15) is 0 Å². The number of epoxide rings is 1. The number of hydrogen-bond donors (Lipinski definition) is 1. The van der Waals surface area contributed by atoms with Gasteiger partial charge in [-0.15, -0.1) is 0 Å². The van der Waals surface area contributed by atoms with Crippen molar-refractivity contribution < 1.29 is 14.6 Å². The van der Waals surface area contributed by atoms with Crippen LogP contribution in [0.1, 0.15) is 65.7 Å². The second-order valence-corrected chi connectivity index (χ2v) is 9.85. The SMILES string of the molecule is CC(=O)[C@@]12C[C@H]3[C@@H]4CC=C5C[C@H](O)CC[C@]5(C)[C@H]4CC[C@@]3(C)[C@@H]1O2. The average Bonchev–Trinajstić information content (AvgIpc) is 3.22. The molecule has 5 aliphatic rings. The van der Waals surface area contributed by atoms with E-state index < -0.39 is 5.60 Å². The fraction of sp³-hybridized carbons (Fsp3) is 0.857. The number of carbonyl (C=O) groups is 1. The van der Waals surface area contributed by atoms with Crippen LogP contribution >= 0.6 is 0 Å². The van der Waals surface area contributed by atoms with Crippen LogP contribution in [-0.4, -0.2) is 28.7 Å². The minimum Gasteiger partial charge on any atom is -0.393 e. The molecule has 3 heteroatoms. The lowest BCUT2D eigenvalue weighted by Crippen LogP contribution is -2.50. The molecule has 1 aliphatic heterocycles. The molecule has 0 spiro atoms. The predicted octanol–water partition coefficient (Wildman–Crippen LogP) is 3.65. The van der Waals surface area contributed by atoms with Crippen LogP contribution in [0, 0.1) is 28.6 Å². The molecular formula is C21H30O3. The van der Waals surface area contributed by atoms with E-state index in [9.17, 15) is 9.90 Å². The van der Waals surface area contributed by atoms with Crippen LogP contribution in [0.2, 0.25) is 0 Å². The highest BCUT2D eigenvalue weighted by Gasteiger charge is 2.77. The molecule has 0 aromatic carbocycles. The third-order valence-corrected chi connectivity index (χ3v) is 8.93. The van der Waals surface area contributed by atoms with Gasteiger partial charge in [0.25, 0.3) is 0 Å². The molecule has 132 valence electrons. The summed E-state index contributed by atoms with van der Waals surface area (Å²) in [7, 11) is 0. The number of ketones is 1. The number of ether oxygens (including phenoxy) is 1. The molecular weight excluding hydrogens is 300 g/mol. The Morgan fingerprint density at radius 2 is 2.04 bits per heavy atom. The molecule has 0 aromatic rings. The molecule has 1 heterocycles. The number of hydrogen-bond acceptors (Lipinski definition) is 3. The Morgan fingerprint density at radius 3 is 2.79 bits per heavy atom. The molecule has 3 nitrogen and oxygen atoms in total. The summed E-state index contributed by atoms with van der Waals surface area (Å²) >= 11 is 0. The average molecular weight is 330 g/mol. The van der Waals surface area contributed by atoms with Gasteiger partial charge in [0.1, 0.15) is 6.10 Å². The molecule has 4 aliphatic carbocycles. The van der Waals surface area contributed by atoms with Crippen LogP contribution in [0.25, 0.3) is 0 Å². The van der Waals surface area contributed by atoms with Crippen LogP contribution < -0.4 is 0 Å². The van der Waals surface area contributed by atoms with Gasteiger partial charge in [-0.3, -0.25) is 4.79 Å². The van der Waals surface area contributed by atoms with Crippen molar-refractivity contribution in [1.29, 1.82) is 0 Å². The maximum atomic E-state index is 12.2. The van der Waals surface area contributed by atoms with E-state index in [0.717, 1.165) is 38.0 Å². The lowest BCUT2D eigenvalue weighted by molar-refractivity contribution is -0.123. The summed E-state index contributed by atoms with van der Waals surface area (Å²) in [6, 6.07) is 0. The Balaban J connectivity index is 1.50. The molecule has 3 saturated carbocycles. The van der Waals surface area contributed by atoms with Gasteiger partial charge in [-0.1, -0.05) is 25.5 Å². The number of Topliss-reactive ketones (excluding diaryl/α,β-unsaturated/α-hetero) is 1. The van der Waals surface area contributed by atoms with Crippen LogP contribution in [0.3, 0.4) is 0 Å². The van der Waals surface area contributed by atoms with E-state index in [0.29, 0.717) is 11.8 Å². The molecule has 1 N–H and O–H groups in total. The standard InChI is InChI=1S/C21H30O3/c1-12(22)21-11-17-15-5-4-13-10-14(23)6-8-19(13,2)16(15)7-9-20(17,3)18(21)24-21/h4,14-18,23H,5-11H2,1-3H3/t14-,15-,16+,17+,18+,19+,20-,21+/m1/s1. The minimum absolute atomic E-state index is 0.136. The van der Waals surface area contributed by atoms with Crippen LogP contribution in [0.5, 0.6) is 0 Å². The van der Waals surface area contributed by atoms with Gasteiger partial charge >= 0.3 is 0 Å². The highest BCUT2D eigenvalue weighted by Crippen LogP contribution is 2.72. The maximum absolute atomic E-state index is 12.2. The van der Waals surface area contributed by atoms with E-state index in [-0.39, 0.29) is 28.8 Å². The highest BCUT2D eigenvalue weighted by molar-refractivity contribution is 5.89. The van der Waals surface area contributed by atoms with Crippen molar-refractivity contribution in [2.45, 2.75) is 83.5 Å². The van der Waals surface area contributed by atoms with Crippen molar-refractivity contribution in [3.05, 3.63) is 11.6 Å². The van der Waals surface area contributed by atoms with Gasteiger partial charge in [0.2, 0.25) is 0 Å². The van der Waals surface area contributed by atoms with E-state index in [4.69, 9.17) is 4.74 Å². The molecule has 0 bridgehead atoms. The Morgan fingerprint density at radius 1 is 1.25 bits per heavy atom. The summed E-state index contributed by atoms with van der Waals surface area (Å²) in [6.45, 7) is 6.57. The topological polar surface area (TPSA) is 49.8 Å². The van der Waals surface area contributed by atoms with Gasteiger partial charge in [0.15, 0.2) is 11.4 Å². The number of aliphatic hydroxyl groups excluding tert-OH is 1. The molecule has 1 saturated heterocycles. The lowest BCUT2D eigenvalue weighted by Gasteiger charge is -2.57. The van der Waals surface area contributed by atoms with Crippen molar-refractivity contribution in [3.63, 3.8) is 0 Å². The molecule has 0 radical (unpaired) electrons. The molecule has 0 aromatic heterocycles. The monoisotopic (exact) mass is 330 g/mol. The Hall–Kier alpha value is -0.670. The number of allylic oxidation sites excluding steroid dienone is 1. The first kappa shape index (κ1) is 15.6. The largest absolute Gasteiger partial charge is 0.393 e. The quantitative estimate of drug-likeness (QED) is 0.590. The van der Waals surface area contributed by atoms with Gasteiger partial charge in [-0.25, -0.2) is 0 Å². The first-order valence-corrected chi connectivity index (χ1v) is 9.88. The fourth-order valence-corrected chi connectivity index (χ4v) is 7.44. The van der Waals surface area contributed by atoms with Crippen LogP contribution in [-0.2, 0) is 9.53 Å². The molecule has 0 unspecified atom stereocenters. The van der Waals surface area contributed by atoms with Crippen molar-refractivity contribution >= 4 is 5.78 Å². The number of carbonyl (C=O) groups excluding carboxylic acids is 1. The zero-order valence-electron chi connectivity index (χ0n) is 15.2. The second-order valence-electron chi connectivity index (χ2n) is 9.85. The van der Waals surface area contributed by atoms with Crippen molar-refractivity contribution in [1.82, 2.24) is 0 Å². The molecule has 4 fully saturated rings. The molecule has 0 amide bonds. The zero-order valence-corrected chi connectivity index (χ0v) is 15.2. The maximum Gasteiger partial charge on any atom is 0.164 e. The smallest absolute Gasteiger partial charge is 0.164 e. The summed E-state index contributed by atoms with van der Waals surface area (Å²) in [5, 5.41) is 10.1. The third-order valence-electron chi connectivity index (χ3n) is 8.93. The molecule has 5 rings (SSSR count). The van der Waals surface area contributed by atoms with Gasteiger partial charge < -0.3 is 9.84 Å². The van der Waals surface area contributed by atoms with Crippen molar-refractivity contribution in [2.24, 2.45) is 28.6 Å². The van der Waals surface area contributed by atoms with Gasteiger partial charge in [0.05, 0.1) is 6.10 Å². The van der Waals surface area contributed by atoms with E-state index >= 15 is 0 Å². The minimum atomic E-state index is -0.429. The Labute approximate surface area is 144 Å². The second kappa shape index (κ2) is 4.54. The van der Waals surface area contributed by atoms with Crippen molar-refractivity contribution in [3.8, 4) is 0 Å². The van der Waals surface area contributed by atoms with Crippen molar-refractivity contribution in [2.75, 3.05) is 0 Å². The first-order chi connectivity index (χ1) is 11.3. The van der Waals surface area contributed by atoms with E-state index in [1.807, 2.05) is 0 Å².